The van der Waals surface area contributed by atoms with Crippen LogP contribution in [0.5, 0.6) is 0 Å². The molecule has 2 aromatic carbocycles. The molecule has 9 nitrogen and oxygen atoms in total. The second kappa shape index (κ2) is 9.94. The van der Waals surface area contributed by atoms with Gasteiger partial charge in [0.05, 0.1) is 5.92 Å². The molecule has 0 saturated carbocycles. The molecular weight excluding hydrogens is 434 g/mol. The highest BCUT2D eigenvalue weighted by atomic mass is 16.2. The van der Waals surface area contributed by atoms with E-state index in [1.807, 2.05) is 48.5 Å². The van der Waals surface area contributed by atoms with E-state index in [2.05, 4.69) is 16.1 Å². The van der Waals surface area contributed by atoms with Crippen molar-refractivity contribution in [1.29, 1.82) is 0 Å². The number of likely N-dealkylation sites (tertiary alicyclic amines) is 1. The van der Waals surface area contributed by atoms with Crippen molar-refractivity contribution in [2.24, 2.45) is 5.92 Å². The molecule has 0 bridgehead atoms. The zero-order valence-electron chi connectivity index (χ0n) is 19.1. The van der Waals surface area contributed by atoms with E-state index in [4.69, 9.17) is 0 Å². The van der Waals surface area contributed by atoms with Crippen LogP contribution in [0.25, 0.3) is 0 Å². The number of hydrogen-bond acceptors (Lipinski definition) is 4. The highest BCUT2D eigenvalue weighted by Crippen LogP contribution is 2.23. The molecule has 2 aliphatic heterocycles. The van der Waals surface area contributed by atoms with Gasteiger partial charge in [0, 0.05) is 18.8 Å². The molecule has 2 aliphatic rings. The molecule has 34 heavy (non-hydrogen) atoms. The lowest BCUT2D eigenvalue weighted by Crippen LogP contribution is -2.53. The quantitative estimate of drug-likeness (QED) is 0.572. The maximum absolute atomic E-state index is 13.0. The number of rotatable bonds is 6. The third-order valence-electron chi connectivity index (χ3n) is 6.34. The van der Waals surface area contributed by atoms with Gasteiger partial charge in [0.2, 0.25) is 5.91 Å². The first-order valence-electron chi connectivity index (χ1n) is 11.5. The average molecular weight is 464 g/mol. The summed E-state index contributed by atoms with van der Waals surface area (Å²) in [5, 5.41) is 6.31. The highest BCUT2D eigenvalue weighted by Gasteiger charge is 2.48. The smallest absolute Gasteiger partial charge is 0.324 e. The van der Waals surface area contributed by atoms with Gasteiger partial charge in [-0.2, -0.15) is 5.01 Å². The lowest BCUT2D eigenvalue weighted by atomic mass is 9.93. The number of benzene rings is 2. The predicted molar refractivity (Wildman–Crippen MR) is 126 cm³/mol. The van der Waals surface area contributed by atoms with Crippen molar-refractivity contribution in [2.45, 2.75) is 38.1 Å². The van der Waals surface area contributed by atoms with Crippen LogP contribution in [0.15, 0.2) is 60.7 Å². The summed E-state index contributed by atoms with van der Waals surface area (Å²) in [5.74, 6) is -1.46. The van der Waals surface area contributed by atoms with Gasteiger partial charge in [-0.3, -0.25) is 15.0 Å². The monoisotopic (exact) mass is 463 g/mol. The van der Waals surface area contributed by atoms with Gasteiger partial charge in [0.25, 0.3) is 5.91 Å². The molecule has 2 saturated heterocycles. The molecular formula is C25H29N5O4. The third-order valence-corrected chi connectivity index (χ3v) is 6.34. The van der Waals surface area contributed by atoms with Crippen LogP contribution >= 0.6 is 0 Å². The number of hydrogen-bond donors (Lipinski definition) is 3. The first-order valence-corrected chi connectivity index (χ1v) is 11.5. The summed E-state index contributed by atoms with van der Waals surface area (Å²) >= 11 is 0. The van der Waals surface area contributed by atoms with Crippen LogP contribution in [0.4, 0.5) is 15.3 Å². The zero-order chi connectivity index (χ0) is 24.1. The molecule has 2 fully saturated rings. The van der Waals surface area contributed by atoms with Gasteiger partial charge in [-0.25, -0.2) is 9.59 Å². The number of imide groups is 1. The van der Waals surface area contributed by atoms with Crippen molar-refractivity contribution in [2.75, 3.05) is 18.4 Å². The van der Waals surface area contributed by atoms with E-state index in [1.165, 1.54) is 0 Å². The number of nitrogens with one attached hydrogen (secondary N) is 3. The zero-order valence-corrected chi connectivity index (χ0v) is 19.1. The third kappa shape index (κ3) is 5.19. The van der Waals surface area contributed by atoms with Crippen LogP contribution in [-0.2, 0) is 16.0 Å². The number of hydrazine groups is 1. The fourth-order valence-electron chi connectivity index (χ4n) is 4.30. The minimum absolute atomic E-state index is 0.208. The lowest BCUT2D eigenvalue weighted by molar-refractivity contribution is -0.141. The molecule has 6 amide bonds. The van der Waals surface area contributed by atoms with Gasteiger partial charge in [0.15, 0.2) is 0 Å². The fraction of sp³-hybridized carbons (Fsp3) is 0.360. The van der Waals surface area contributed by atoms with Crippen LogP contribution in [0.3, 0.4) is 0 Å². The molecule has 0 radical (unpaired) electrons. The number of urea groups is 2. The fourth-order valence-corrected chi connectivity index (χ4v) is 4.30. The maximum atomic E-state index is 13.0. The first-order chi connectivity index (χ1) is 16.4. The number of para-hydroxylation sites is 1. The largest absolute Gasteiger partial charge is 0.344 e. The van der Waals surface area contributed by atoms with Crippen LogP contribution in [0.1, 0.15) is 31.7 Å². The van der Waals surface area contributed by atoms with Crippen LogP contribution < -0.4 is 16.1 Å². The normalized spacial score (nSPS) is 22.3. The summed E-state index contributed by atoms with van der Waals surface area (Å²) in [6.07, 6.45) is 2.23. The van der Waals surface area contributed by atoms with E-state index in [0.717, 1.165) is 10.6 Å². The molecule has 0 aliphatic carbocycles. The van der Waals surface area contributed by atoms with Crippen molar-refractivity contribution < 1.29 is 19.2 Å². The van der Waals surface area contributed by atoms with Crippen molar-refractivity contribution in [3.05, 3.63) is 66.2 Å². The van der Waals surface area contributed by atoms with Crippen LogP contribution in [0, 0.1) is 5.92 Å². The van der Waals surface area contributed by atoms with Gasteiger partial charge in [0.1, 0.15) is 5.54 Å². The molecule has 2 atom stereocenters. The summed E-state index contributed by atoms with van der Waals surface area (Å²) in [4.78, 5) is 52.6. The molecule has 4 rings (SSSR count). The Balaban J connectivity index is 1.33. The second-order valence-electron chi connectivity index (χ2n) is 8.95. The van der Waals surface area contributed by atoms with Gasteiger partial charge in [-0.15, -0.1) is 0 Å². The van der Waals surface area contributed by atoms with E-state index >= 15 is 0 Å². The molecule has 0 spiro atoms. The molecule has 2 unspecified atom stereocenters. The number of piperidine rings is 1. The Hall–Kier alpha value is -3.88. The SMILES string of the molecule is CC1(CCc2ccccc2)NC(=O)N(NC(=O)C2CCCN(C(=O)Nc3ccccc3)C2)C1=O. The number of amides is 6. The van der Waals surface area contributed by atoms with E-state index in [9.17, 15) is 19.2 Å². The summed E-state index contributed by atoms with van der Waals surface area (Å²) in [5.41, 5.74) is 3.12. The number of carbonyl (C=O) groups is 4. The molecule has 2 heterocycles. The summed E-state index contributed by atoms with van der Waals surface area (Å²) in [6.45, 7) is 2.40. The van der Waals surface area contributed by atoms with Crippen molar-refractivity contribution in [1.82, 2.24) is 20.7 Å². The van der Waals surface area contributed by atoms with Gasteiger partial charge in [-0.1, -0.05) is 48.5 Å². The summed E-state index contributed by atoms with van der Waals surface area (Å²) in [7, 11) is 0. The Morgan fingerprint density at radius 1 is 1.06 bits per heavy atom. The van der Waals surface area contributed by atoms with E-state index in [-0.39, 0.29) is 12.6 Å². The molecule has 0 aromatic heterocycles. The van der Waals surface area contributed by atoms with Crippen molar-refractivity contribution in [3.8, 4) is 0 Å². The molecule has 9 heteroatoms. The van der Waals surface area contributed by atoms with E-state index < -0.39 is 29.3 Å². The van der Waals surface area contributed by atoms with Crippen molar-refractivity contribution >= 4 is 29.6 Å². The predicted octanol–water partition coefficient (Wildman–Crippen LogP) is 2.91. The molecule has 2 aromatic rings. The Kier molecular flexibility index (Phi) is 6.81. The summed E-state index contributed by atoms with van der Waals surface area (Å²) < 4.78 is 0. The Morgan fingerprint density at radius 3 is 2.44 bits per heavy atom. The van der Waals surface area contributed by atoms with Crippen LogP contribution in [-0.4, -0.2) is 52.4 Å². The van der Waals surface area contributed by atoms with Gasteiger partial charge >= 0.3 is 12.1 Å². The second-order valence-corrected chi connectivity index (χ2v) is 8.95. The molecule has 3 N–H and O–H groups in total. The summed E-state index contributed by atoms with van der Waals surface area (Å²) in [6, 6.07) is 17.9. The minimum atomic E-state index is -1.10. The van der Waals surface area contributed by atoms with Gasteiger partial charge in [-0.05, 0) is 50.3 Å². The topological polar surface area (TPSA) is 111 Å². The van der Waals surface area contributed by atoms with Gasteiger partial charge < -0.3 is 15.5 Å². The Labute approximate surface area is 198 Å². The first kappa shape index (κ1) is 23.3. The Bertz CT molecular complexity index is 1060. The number of nitrogens with zero attached hydrogens (tertiary/aromatic N) is 2. The number of anilines is 1. The van der Waals surface area contributed by atoms with Crippen LogP contribution in [0.2, 0.25) is 0 Å². The van der Waals surface area contributed by atoms with E-state index in [1.54, 1.807) is 24.0 Å². The lowest BCUT2D eigenvalue weighted by Gasteiger charge is -2.32. The maximum Gasteiger partial charge on any atom is 0.344 e. The highest BCUT2D eigenvalue weighted by molar-refractivity contribution is 6.07. The number of aryl methyl sites for hydroxylation is 1. The molecule has 178 valence electrons. The Morgan fingerprint density at radius 2 is 1.74 bits per heavy atom. The minimum Gasteiger partial charge on any atom is -0.324 e. The standard InChI is InChI=1S/C25H29N5O4/c1-25(15-14-18-9-4-2-5-10-18)22(32)30(24(34)27-25)28-21(31)19-11-8-16-29(17-19)23(33)26-20-12-6-3-7-13-20/h2-7,9-10,12-13,19H,8,11,14-17H2,1H3,(H,26,33)(H,27,34)(H,28,31). The average Bonchev–Trinajstić information content (AvgIpc) is 3.07. The number of carbonyl (C=O) groups excluding carboxylic acids is 4. The van der Waals surface area contributed by atoms with Crippen molar-refractivity contribution in [3.63, 3.8) is 0 Å². The van der Waals surface area contributed by atoms with E-state index in [0.29, 0.717) is 37.9 Å².